The number of rotatable bonds is 8. The zero-order valence-corrected chi connectivity index (χ0v) is 18.3. The van der Waals surface area contributed by atoms with Crippen LogP contribution in [0, 0.1) is 5.92 Å². The first-order valence-corrected chi connectivity index (χ1v) is 10.8. The largest absolute Gasteiger partial charge is 0.341 e. The number of amides is 2. The summed E-state index contributed by atoms with van der Waals surface area (Å²) in [4.78, 5) is 27.4. The third kappa shape index (κ3) is 7.18. The van der Waals surface area contributed by atoms with Gasteiger partial charge in [-0.25, -0.2) is 0 Å². The highest BCUT2D eigenvalue weighted by atomic mass is 35.5. The minimum Gasteiger partial charge on any atom is -0.341 e. The molecule has 1 aliphatic heterocycles. The lowest BCUT2D eigenvalue weighted by Gasteiger charge is -2.34. The summed E-state index contributed by atoms with van der Waals surface area (Å²) >= 11 is 7.79. The van der Waals surface area contributed by atoms with Crippen molar-refractivity contribution in [3.8, 4) is 0 Å². The molecule has 0 aliphatic carbocycles. The molecule has 1 unspecified atom stereocenters. The maximum atomic E-state index is 13.0. The van der Waals surface area contributed by atoms with Gasteiger partial charge >= 0.3 is 0 Å². The van der Waals surface area contributed by atoms with Gasteiger partial charge in [-0.2, -0.15) is 11.8 Å². The summed E-state index contributed by atoms with van der Waals surface area (Å²) in [6, 6.07) is 6.40. The van der Waals surface area contributed by atoms with Gasteiger partial charge in [-0.3, -0.25) is 9.59 Å². The van der Waals surface area contributed by atoms with Crippen LogP contribution in [0.4, 0.5) is 0 Å². The second-order valence-corrected chi connectivity index (χ2v) is 8.01. The smallest absolute Gasteiger partial charge is 0.253 e. The van der Waals surface area contributed by atoms with Gasteiger partial charge < -0.3 is 15.5 Å². The summed E-state index contributed by atoms with van der Waals surface area (Å²) in [6.07, 6.45) is 4.62. The lowest BCUT2D eigenvalue weighted by Crippen LogP contribution is -2.51. The number of carbonyl (C=O) groups excluding carboxylic acids is 2. The first kappa shape index (κ1) is 24.1. The van der Waals surface area contributed by atoms with Gasteiger partial charge in [0.1, 0.15) is 6.04 Å². The van der Waals surface area contributed by atoms with Crippen LogP contribution >= 0.6 is 35.8 Å². The standard InChI is InChI=1S/C19H28ClN3O2S.ClH/c1-21-13-14-7-10-23(11-8-14)19(25)17(9-12-26-2)22-18(24)15-5-3-4-6-16(15)20;/h3-6,14,17,21H,7-13H2,1-2H3,(H,22,24);1H. The second-order valence-electron chi connectivity index (χ2n) is 6.61. The van der Waals surface area contributed by atoms with Gasteiger partial charge in [0.15, 0.2) is 0 Å². The van der Waals surface area contributed by atoms with Gasteiger partial charge in [0.05, 0.1) is 10.6 Å². The average molecular weight is 434 g/mol. The van der Waals surface area contributed by atoms with Crippen molar-refractivity contribution < 1.29 is 9.59 Å². The highest BCUT2D eigenvalue weighted by Crippen LogP contribution is 2.19. The van der Waals surface area contributed by atoms with E-state index in [-0.39, 0.29) is 24.2 Å². The monoisotopic (exact) mass is 433 g/mol. The van der Waals surface area contributed by atoms with Crippen LogP contribution in [0.1, 0.15) is 29.6 Å². The fourth-order valence-corrected chi connectivity index (χ4v) is 3.93. The number of benzene rings is 1. The molecule has 1 aromatic rings. The number of likely N-dealkylation sites (tertiary alicyclic amines) is 1. The molecule has 1 aromatic carbocycles. The van der Waals surface area contributed by atoms with Crippen LogP contribution in [0.2, 0.25) is 5.02 Å². The Balaban J connectivity index is 0.00000364. The molecule has 1 fully saturated rings. The molecule has 2 amide bonds. The lowest BCUT2D eigenvalue weighted by atomic mass is 9.96. The van der Waals surface area contributed by atoms with Crippen molar-refractivity contribution in [2.45, 2.75) is 25.3 Å². The van der Waals surface area contributed by atoms with Crippen molar-refractivity contribution in [1.29, 1.82) is 0 Å². The zero-order valence-electron chi connectivity index (χ0n) is 15.9. The van der Waals surface area contributed by atoms with Gasteiger partial charge in [-0.1, -0.05) is 23.7 Å². The van der Waals surface area contributed by atoms with Crippen LogP contribution in [0.25, 0.3) is 0 Å². The van der Waals surface area contributed by atoms with E-state index in [1.807, 2.05) is 18.2 Å². The van der Waals surface area contributed by atoms with Crippen molar-refractivity contribution >= 4 is 47.6 Å². The molecule has 0 bridgehead atoms. The number of nitrogens with zero attached hydrogens (tertiary/aromatic N) is 1. The minimum atomic E-state index is -0.507. The summed E-state index contributed by atoms with van der Waals surface area (Å²) in [7, 11) is 1.96. The van der Waals surface area contributed by atoms with Crippen molar-refractivity contribution in [2.75, 3.05) is 38.7 Å². The number of thioether (sulfide) groups is 1. The summed E-state index contributed by atoms with van der Waals surface area (Å²) in [5, 5.41) is 6.51. The summed E-state index contributed by atoms with van der Waals surface area (Å²) in [5.41, 5.74) is 0.406. The molecule has 152 valence electrons. The van der Waals surface area contributed by atoms with E-state index < -0.39 is 6.04 Å². The number of piperidine rings is 1. The number of hydrogen-bond acceptors (Lipinski definition) is 4. The van der Waals surface area contributed by atoms with Crippen LogP contribution in [-0.2, 0) is 4.79 Å². The number of nitrogens with one attached hydrogen (secondary N) is 2. The highest BCUT2D eigenvalue weighted by molar-refractivity contribution is 7.98. The van der Waals surface area contributed by atoms with Gasteiger partial charge in [-0.05, 0) is 62.9 Å². The first-order valence-electron chi connectivity index (χ1n) is 9.04. The Morgan fingerprint density at radius 2 is 1.96 bits per heavy atom. The number of hydrogen-bond donors (Lipinski definition) is 2. The van der Waals surface area contributed by atoms with Crippen LogP contribution in [-0.4, -0.2) is 61.4 Å². The van der Waals surface area contributed by atoms with Gasteiger partial charge in [0.25, 0.3) is 5.91 Å². The number of halogens is 2. The molecule has 1 heterocycles. The molecule has 1 atom stereocenters. The molecule has 2 N–H and O–H groups in total. The van der Waals surface area contributed by atoms with E-state index >= 15 is 0 Å². The predicted molar refractivity (Wildman–Crippen MR) is 116 cm³/mol. The van der Waals surface area contributed by atoms with E-state index in [1.165, 1.54) is 0 Å². The van der Waals surface area contributed by atoms with E-state index in [0.29, 0.717) is 22.9 Å². The van der Waals surface area contributed by atoms with Crippen LogP contribution in [0.15, 0.2) is 24.3 Å². The Morgan fingerprint density at radius 1 is 1.30 bits per heavy atom. The van der Waals surface area contributed by atoms with E-state index in [4.69, 9.17) is 11.6 Å². The molecule has 5 nitrogen and oxygen atoms in total. The molecular formula is C19H29Cl2N3O2S. The highest BCUT2D eigenvalue weighted by Gasteiger charge is 2.29. The minimum absolute atomic E-state index is 0. The Morgan fingerprint density at radius 3 is 2.56 bits per heavy atom. The van der Waals surface area contributed by atoms with Crippen LogP contribution in [0.5, 0.6) is 0 Å². The maximum Gasteiger partial charge on any atom is 0.253 e. The van der Waals surface area contributed by atoms with E-state index in [0.717, 1.165) is 38.2 Å². The van der Waals surface area contributed by atoms with Crippen molar-refractivity contribution in [3.05, 3.63) is 34.9 Å². The van der Waals surface area contributed by atoms with Gasteiger partial charge in [0, 0.05) is 13.1 Å². The van der Waals surface area contributed by atoms with Gasteiger partial charge in [0.2, 0.25) is 5.91 Å². The Labute approximate surface area is 177 Å². The summed E-state index contributed by atoms with van der Waals surface area (Å²) in [6.45, 7) is 2.49. The molecule has 27 heavy (non-hydrogen) atoms. The lowest BCUT2D eigenvalue weighted by molar-refractivity contribution is -0.134. The molecule has 0 aromatic heterocycles. The van der Waals surface area contributed by atoms with E-state index in [1.54, 1.807) is 36.0 Å². The molecule has 0 saturated carbocycles. The molecule has 0 spiro atoms. The number of carbonyl (C=O) groups is 2. The van der Waals surface area contributed by atoms with E-state index in [2.05, 4.69) is 10.6 Å². The molecule has 2 rings (SSSR count). The third-order valence-electron chi connectivity index (χ3n) is 4.75. The summed E-state index contributed by atoms with van der Waals surface area (Å²) < 4.78 is 0. The quantitative estimate of drug-likeness (QED) is 0.660. The SMILES string of the molecule is CNCC1CCN(C(=O)C(CCSC)NC(=O)c2ccccc2Cl)CC1.Cl. The van der Waals surface area contributed by atoms with Crippen molar-refractivity contribution in [3.63, 3.8) is 0 Å². The Hall–Kier alpha value is -0.950. The van der Waals surface area contributed by atoms with Crippen molar-refractivity contribution in [2.24, 2.45) is 5.92 Å². The fourth-order valence-electron chi connectivity index (χ4n) is 3.24. The third-order valence-corrected chi connectivity index (χ3v) is 5.73. The average Bonchev–Trinajstić information content (AvgIpc) is 2.65. The zero-order chi connectivity index (χ0) is 18.9. The molecule has 1 saturated heterocycles. The van der Waals surface area contributed by atoms with Crippen LogP contribution < -0.4 is 10.6 Å². The topological polar surface area (TPSA) is 61.4 Å². The van der Waals surface area contributed by atoms with Gasteiger partial charge in [-0.15, -0.1) is 12.4 Å². The molecular weight excluding hydrogens is 405 g/mol. The second kappa shape index (κ2) is 12.5. The normalized spacial score (nSPS) is 15.7. The molecule has 0 radical (unpaired) electrons. The van der Waals surface area contributed by atoms with Crippen LogP contribution in [0.3, 0.4) is 0 Å². The first-order chi connectivity index (χ1) is 12.6. The molecule has 8 heteroatoms. The van der Waals surface area contributed by atoms with Crippen molar-refractivity contribution in [1.82, 2.24) is 15.5 Å². The Bertz CT molecular complexity index is 610. The molecule has 1 aliphatic rings. The fraction of sp³-hybridized carbons (Fsp3) is 0.579. The maximum absolute atomic E-state index is 13.0. The summed E-state index contributed by atoms with van der Waals surface area (Å²) in [5.74, 6) is 1.16. The van der Waals surface area contributed by atoms with E-state index in [9.17, 15) is 9.59 Å². The Kier molecular flexibility index (Phi) is 11.1. The predicted octanol–water partition coefficient (Wildman–Crippen LogP) is 3.07.